The summed E-state index contributed by atoms with van der Waals surface area (Å²) >= 11 is 0. The van der Waals surface area contributed by atoms with E-state index in [4.69, 9.17) is 0 Å². The summed E-state index contributed by atoms with van der Waals surface area (Å²) < 4.78 is 3.62. The SMILES string of the molecule is Cc1nc(C)n([C@@H]2CCCN(C(=O)c3c(C)nn4cccnc34)C2)n1. The van der Waals surface area contributed by atoms with Gasteiger partial charge in [0.2, 0.25) is 0 Å². The largest absolute Gasteiger partial charge is 0.336 e. The Morgan fingerprint density at radius 2 is 2.08 bits per heavy atom. The van der Waals surface area contributed by atoms with Crippen molar-refractivity contribution >= 4 is 11.6 Å². The molecule has 0 saturated carbocycles. The van der Waals surface area contributed by atoms with Crippen LogP contribution >= 0.6 is 0 Å². The van der Waals surface area contributed by atoms with E-state index in [9.17, 15) is 4.79 Å². The highest BCUT2D eigenvalue weighted by atomic mass is 16.2. The molecule has 1 aliphatic heterocycles. The molecule has 1 amide bonds. The van der Waals surface area contributed by atoms with Gasteiger partial charge in [0.05, 0.1) is 11.7 Å². The van der Waals surface area contributed by atoms with Gasteiger partial charge in [-0.2, -0.15) is 10.2 Å². The number of carbonyl (C=O) groups excluding carboxylic acids is 1. The lowest BCUT2D eigenvalue weighted by Crippen LogP contribution is -2.41. The third-order valence-electron chi connectivity index (χ3n) is 4.72. The molecule has 1 saturated heterocycles. The Bertz CT molecular complexity index is 942. The van der Waals surface area contributed by atoms with Crippen molar-refractivity contribution in [3.63, 3.8) is 0 Å². The molecule has 4 rings (SSSR count). The van der Waals surface area contributed by atoms with E-state index in [1.165, 1.54) is 0 Å². The Hall–Kier alpha value is -2.77. The van der Waals surface area contributed by atoms with Gasteiger partial charge in [0, 0.05) is 25.5 Å². The smallest absolute Gasteiger partial charge is 0.259 e. The molecule has 0 aromatic carbocycles. The van der Waals surface area contributed by atoms with Crippen molar-refractivity contribution in [1.29, 1.82) is 0 Å². The second-order valence-corrected chi connectivity index (χ2v) is 6.55. The summed E-state index contributed by atoms with van der Waals surface area (Å²) in [6, 6.07) is 1.97. The van der Waals surface area contributed by atoms with Gasteiger partial charge in [-0.1, -0.05) is 0 Å². The lowest BCUT2D eigenvalue weighted by Gasteiger charge is -2.33. The molecule has 4 heterocycles. The van der Waals surface area contributed by atoms with Crippen molar-refractivity contribution in [3.8, 4) is 0 Å². The molecule has 1 aliphatic rings. The Morgan fingerprint density at radius 3 is 2.84 bits per heavy atom. The topological polar surface area (TPSA) is 81.2 Å². The first-order valence-corrected chi connectivity index (χ1v) is 8.53. The van der Waals surface area contributed by atoms with E-state index in [1.807, 2.05) is 36.5 Å². The summed E-state index contributed by atoms with van der Waals surface area (Å²) in [6.07, 6.45) is 5.44. The molecule has 8 nitrogen and oxygen atoms in total. The normalized spacial score (nSPS) is 18.0. The summed E-state index contributed by atoms with van der Waals surface area (Å²) in [5.41, 5.74) is 1.91. The minimum Gasteiger partial charge on any atom is -0.336 e. The number of fused-ring (bicyclic) bond motifs is 1. The first-order valence-electron chi connectivity index (χ1n) is 8.53. The average Bonchev–Trinajstić information content (AvgIpc) is 3.12. The van der Waals surface area contributed by atoms with Gasteiger partial charge in [-0.05, 0) is 39.7 Å². The highest BCUT2D eigenvalue weighted by Gasteiger charge is 2.30. The maximum absolute atomic E-state index is 13.1. The molecule has 8 heteroatoms. The van der Waals surface area contributed by atoms with E-state index < -0.39 is 0 Å². The van der Waals surface area contributed by atoms with Crippen LogP contribution in [0.25, 0.3) is 5.65 Å². The van der Waals surface area contributed by atoms with E-state index in [-0.39, 0.29) is 11.9 Å². The third-order valence-corrected chi connectivity index (χ3v) is 4.72. The molecule has 0 radical (unpaired) electrons. The van der Waals surface area contributed by atoms with Gasteiger partial charge in [-0.15, -0.1) is 0 Å². The molecule has 3 aromatic rings. The number of piperidine rings is 1. The summed E-state index contributed by atoms with van der Waals surface area (Å²) in [5.74, 6) is 1.65. The predicted molar refractivity (Wildman–Crippen MR) is 91.4 cm³/mol. The molecule has 25 heavy (non-hydrogen) atoms. The van der Waals surface area contributed by atoms with Gasteiger partial charge in [0.25, 0.3) is 5.91 Å². The van der Waals surface area contributed by atoms with Crippen molar-refractivity contribution in [2.45, 2.75) is 39.7 Å². The van der Waals surface area contributed by atoms with E-state index in [2.05, 4.69) is 20.2 Å². The molecule has 0 aliphatic carbocycles. The second kappa shape index (κ2) is 5.94. The number of hydrogen-bond acceptors (Lipinski definition) is 5. The van der Waals surface area contributed by atoms with Crippen molar-refractivity contribution in [3.05, 3.63) is 41.4 Å². The van der Waals surface area contributed by atoms with Crippen LogP contribution < -0.4 is 0 Å². The zero-order valence-corrected chi connectivity index (χ0v) is 14.7. The lowest BCUT2D eigenvalue weighted by molar-refractivity contribution is 0.0672. The van der Waals surface area contributed by atoms with Gasteiger partial charge in [-0.25, -0.2) is 19.2 Å². The van der Waals surface area contributed by atoms with Crippen LogP contribution in [0.4, 0.5) is 0 Å². The van der Waals surface area contributed by atoms with E-state index >= 15 is 0 Å². The first kappa shape index (κ1) is 15.7. The third kappa shape index (κ3) is 2.67. The lowest BCUT2D eigenvalue weighted by atomic mass is 10.0. The first-order chi connectivity index (χ1) is 12.0. The van der Waals surface area contributed by atoms with Gasteiger partial charge < -0.3 is 4.90 Å². The van der Waals surface area contributed by atoms with Crippen LogP contribution in [-0.4, -0.2) is 53.3 Å². The highest BCUT2D eigenvalue weighted by Crippen LogP contribution is 2.25. The zero-order valence-electron chi connectivity index (χ0n) is 14.7. The molecule has 1 atom stereocenters. The fourth-order valence-electron chi connectivity index (χ4n) is 3.63. The quantitative estimate of drug-likeness (QED) is 0.710. The number of likely N-dealkylation sites (tertiary alicyclic amines) is 1. The van der Waals surface area contributed by atoms with Gasteiger partial charge in [0.1, 0.15) is 17.2 Å². The Kier molecular flexibility index (Phi) is 3.74. The molecule has 0 bridgehead atoms. The molecular formula is C17H21N7O. The standard InChI is InChI=1S/C17H21N7O/c1-11-15(16-18-7-5-9-23(16)20-11)17(25)22-8-4-6-14(10-22)24-13(3)19-12(2)21-24/h5,7,9,14H,4,6,8,10H2,1-3H3/t14-/m1/s1. The minimum absolute atomic E-state index is 0.00890. The maximum atomic E-state index is 13.1. The fraction of sp³-hybridized carbons (Fsp3) is 0.471. The number of carbonyl (C=O) groups is 1. The van der Waals surface area contributed by atoms with Crippen molar-refractivity contribution in [2.75, 3.05) is 13.1 Å². The number of aryl methyl sites for hydroxylation is 3. The minimum atomic E-state index is -0.00890. The summed E-state index contributed by atoms with van der Waals surface area (Å²) in [5, 5.41) is 8.90. The number of rotatable bonds is 2. The number of nitrogens with zero attached hydrogens (tertiary/aromatic N) is 7. The van der Waals surface area contributed by atoms with Crippen LogP contribution in [0.3, 0.4) is 0 Å². The highest BCUT2D eigenvalue weighted by molar-refractivity contribution is 6.01. The van der Waals surface area contributed by atoms with Crippen molar-refractivity contribution < 1.29 is 4.79 Å². The average molecular weight is 339 g/mol. The number of aromatic nitrogens is 6. The number of amides is 1. The van der Waals surface area contributed by atoms with Gasteiger partial charge >= 0.3 is 0 Å². The van der Waals surface area contributed by atoms with Crippen LogP contribution in [0.5, 0.6) is 0 Å². The van der Waals surface area contributed by atoms with Crippen molar-refractivity contribution in [1.82, 2.24) is 34.3 Å². The fourth-order valence-corrected chi connectivity index (χ4v) is 3.63. The molecule has 1 fully saturated rings. The molecule has 3 aromatic heterocycles. The van der Waals surface area contributed by atoms with Crippen LogP contribution in [-0.2, 0) is 0 Å². The van der Waals surface area contributed by atoms with E-state index in [1.54, 1.807) is 16.8 Å². The van der Waals surface area contributed by atoms with Crippen LogP contribution in [0, 0.1) is 20.8 Å². The van der Waals surface area contributed by atoms with Crippen LogP contribution in [0.1, 0.15) is 46.6 Å². The van der Waals surface area contributed by atoms with E-state index in [0.717, 1.165) is 31.0 Å². The maximum Gasteiger partial charge on any atom is 0.259 e. The zero-order chi connectivity index (χ0) is 17.6. The Balaban J connectivity index is 1.63. The predicted octanol–water partition coefficient (Wildman–Crippen LogP) is 1.72. The molecule has 130 valence electrons. The van der Waals surface area contributed by atoms with Gasteiger partial charge in [-0.3, -0.25) is 4.79 Å². The van der Waals surface area contributed by atoms with E-state index in [0.29, 0.717) is 23.4 Å². The van der Waals surface area contributed by atoms with Gasteiger partial charge in [0.15, 0.2) is 5.65 Å². The Morgan fingerprint density at radius 1 is 1.24 bits per heavy atom. The van der Waals surface area contributed by atoms with Crippen molar-refractivity contribution in [2.24, 2.45) is 0 Å². The van der Waals surface area contributed by atoms with Crippen LogP contribution in [0.2, 0.25) is 0 Å². The molecular weight excluding hydrogens is 318 g/mol. The molecule has 0 unspecified atom stereocenters. The summed E-state index contributed by atoms with van der Waals surface area (Å²) in [6.45, 7) is 7.08. The monoisotopic (exact) mass is 339 g/mol. The Labute approximate surface area is 145 Å². The molecule has 0 N–H and O–H groups in total. The second-order valence-electron chi connectivity index (χ2n) is 6.55. The summed E-state index contributed by atoms with van der Waals surface area (Å²) in [7, 11) is 0. The molecule has 0 spiro atoms. The summed E-state index contributed by atoms with van der Waals surface area (Å²) in [4.78, 5) is 23.8. The number of hydrogen-bond donors (Lipinski definition) is 0. The van der Waals surface area contributed by atoms with Crippen LogP contribution in [0.15, 0.2) is 18.5 Å².